The molecule has 1 aliphatic carbocycles. The van der Waals surface area contributed by atoms with E-state index in [0.717, 1.165) is 11.8 Å². The molecule has 40 heavy (non-hydrogen) atoms. The Morgan fingerprint density at radius 2 is 2.17 bits per heavy atom. The number of rotatable bonds is 9. The Kier molecular flexibility index (Phi) is 7.42. The SMILES string of the molecule is C=S1C[C@@H](O)[C@H]2OC[C@@H](Oc3nc4nc(NC5CCc6cc(OCCNS(C)(=O)=O)cc(F)c65)c(Cl)cc4[nH]3)[C@H]21. The molecule has 2 saturated heterocycles. The second-order valence-electron chi connectivity index (χ2n) is 10.2. The molecule has 3 aliphatic rings. The van der Waals surface area contributed by atoms with Crippen LogP contribution in [0.25, 0.3) is 11.2 Å². The number of nitrogens with zero attached hydrogens (tertiary/aromatic N) is 2. The Morgan fingerprint density at radius 1 is 1.35 bits per heavy atom. The fourth-order valence-corrected chi connectivity index (χ4v) is 8.25. The third-order valence-electron chi connectivity index (χ3n) is 7.25. The van der Waals surface area contributed by atoms with E-state index in [1.807, 2.05) is 0 Å². The minimum Gasteiger partial charge on any atom is -0.492 e. The lowest BCUT2D eigenvalue weighted by molar-refractivity contribution is 0.0149. The summed E-state index contributed by atoms with van der Waals surface area (Å²) >= 11 is 6.53. The number of aromatic nitrogens is 3. The lowest BCUT2D eigenvalue weighted by atomic mass is 10.1. The van der Waals surface area contributed by atoms with Crippen LogP contribution in [0.5, 0.6) is 11.8 Å². The highest BCUT2D eigenvalue weighted by Crippen LogP contribution is 2.42. The Balaban J connectivity index is 1.15. The molecule has 15 heteroatoms. The van der Waals surface area contributed by atoms with Crippen LogP contribution in [0.4, 0.5) is 10.2 Å². The van der Waals surface area contributed by atoms with Crippen molar-refractivity contribution in [2.75, 3.05) is 37.1 Å². The van der Waals surface area contributed by atoms with Gasteiger partial charge in [0.15, 0.2) is 5.65 Å². The first kappa shape index (κ1) is 27.7. The van der Waals surface area contributed by atoms with E-state index in [1.54, 1.807) is 12.1 Å². The van der Waals surface area contributed by atoms with Crippen molar-refractivity contribution < 1.29 is 32.1 Å². The second kappa shape index (κ2) is 10.7. The summed E-state index contributed by atoms with van der Waals surface area (Å²) < 4.78 is 57.3. The van der Waals surface area contributed by atoms with Crippen molar-refractivity contribution >= 4 is 55.0 Å². The van der Waals surface area contributed by atoms with Crippen LogP contribution in [0.1, 0.15) is 23.6 Å². The number of aryl methyl sites for hydroxylation is 1. The van der Waals surface area contributed by atoms with E-state index in [2.05, 4.69) is 30.9 Å². The van der Waals surface area contributed by atoms with E-state index in [0.29, 0.717) is 58.5 Å². The zero-order valence-corrected chi connectivity index (χ0v) is 23.9. The predicted molar refractivity (Wildman–Crippen MR) is 152 cm³/mol. The maximum Gasteiger partial charge on any atom is 0.296 e. The van der Waals surface area contributed by atoms with Gasteiger partial charge in [0, 0.05) is 23.9 Å². The lowest BCUT2D eigenvalue weighted by Crippen LogP contribution is -2.33. The van der Waals surface area contributed by atoms with Crippen molar-refractivity contribution in [3.8, 4) is 11.8 Å². The summed E-state index contributed by atoms with van der Waals surface area (Å²) in [4.78, 5) is 12.1. The van der Waals surface area contributed by atoms with Crippen LogP contribution in [0.15, 0.2) is 18.2 Å². The van der Waals surface area contributed by atoms with Gasteiger partial charge in [-0.2, -0.15) is 15.5 Å². The molecule has 6 atom stereocenters. The van der Waals surface area contributed by atoms with Crippen LogP contribution in [0.2, 0.25) is 5.02 Å². The van der Waals surface area contributed by atoms with Crippen molar-refractivity contribution in [2.24, 2.45) is 0 Å². The number of halogens is 2. The van der Waals surface area contributed by atoms with Gasteiger partial charge in [0.25, 0.3) is 6.01 Å². The number of H-pyrrole nitrogens is 1. The van der Waals surface area contributed by atoms with E-state index in [1.165, 1.54) is 6.07 Å². The molecule has 2 aromatic heterocycles. The highest BCUT2D eigenvalue weighted by atomic mass is 35.5. The number of imidazole rings is 1. The van der Waals surface area contributed by atoms with Crippen molar-refractivity contribution in [1.82, 2.24) is 19.7 Å². The zero-order valence-electron chi connectivity index (χ0n) is 21.5. The number of hydrogen-bond acceptors (Lipinski definition) is 9. The van der Waals surface area contributed by atoms with Crippen LogP contribution in [-0.4, -0.2) is 89.7 Å². The third kappa shape index (κ3) is 5.52. The summed E-state index contributed by atoms with van der Waals surface area (Å²) in [5.74, 6) is 5.06. The van der Waals surface area contributed by atoms with Gasteiger partial charge in [-0.3, -0.25) is 0 Å². The summed E-state index contributed by atoms with van der Waals surface area (Å²) in [7, 11) is -3.59. The summed E-state index contributed by atoms with van der Waals surface area (Å²) in [5, 5.41) is 13.8. The average Bonchev–Trinajstić information content (AvgIpc) is 3.63. The van der Waals surface area contributed by atoms with Crippen LogP contribution in [-0.2, 0) is 21.2 Å². The van der Waals surface area contributed by atoms with Gasteiger partial charge in [0.05, 0.1) is 46.9 Å². The van der Waals surface area contributed by atoms with E-state index >= 15 is 4.39 Å². The number of aliphatic hydroxyl groups is 1. The molecule has 4 heterocycles. The minimum absolute atomic E-state index is 0.00406. The van der Waals surface area contributed by atoms with E-state index in [9.17, 15) is 13.5 Å². The predicted octanol–water partition coefficient (Wildman–Crippen LogP) is 2.37. The number of anilines is 1. The molecule has 6 rings (SSSR count). The minimum atomic E-state index is -3.32. The number of hydrogen-bond donors (Lipinski definition) is 4. The largest absolute Gasteiger partial charge is 0.492 e. The molecule has 0 saturated carbocycles. The summed E-state index contributed by atoms with van der Waals surface area (Å²) in [6, 6.07) is 4.68. The molecular formula is C25H29ClFN5O6S2. The van der Waals surface area contributed by atoms with Gasteiger partial charge in [-0.25, -0.2) is 22.5 Å². The quantitative estimate of drug-likeness (QED) is 0.211. The maximum absolute atomic E-state index is 15.1. The molecule has 4 N–H and O–H groups in total. The number of aliphatic hydroxyl groups excluding tert-OH is 1. The van der Waals surface area contributed by atoms with E-state index in [-0.39, 0.29) is 53.1 Å². The molecule has 216 valence electrons. The molecule has 3 aromatic rings. The summed E-state index contributed by atoms with van der Waals surface area (Å²) in [6.07, 6.45) is 1.23. The average molecular weight is 614 g/mol. The molecule has 2 fully saturated rings. The Labute approximate surface area is 237 Å². The Bertz CT molecular complexity index is 1590. The van der Waals surface area contributed by atoms with Gasteiger partial charge in [0.2, 0.25) is 10.0 Å². The second-order valence-corrected chi connectivity index (χ2v) is 14.3. The fraction of sp³-hybridized carbons (Fsp3) is 0.480. The molecule has 0 bridgehead atoms. The fourth-order valence-electron chi connectivity index (χ4n) is 5.54. The third-order valence-corrected chi connectivity index (χ3v) is 10.4. The smallest absolute Gasteiger partial charge is 0.296 e. The van der Waals surface area contributed by atoms with E-state index in [4.69, 9.17) is 25.8 Å². The summed E-state index contributed by atoms with van der Waals surface area (Å²) in [6.45, 7) is 0.513. The van der Waals surface area contributed by atoms with Gasteiger partial charge >= 0.3 is 0 Å². The zero-order chi connectivity index (χ0) is 28.2. The van der Waals surface area contributed by atoms with Gasteiger partial charge in [-0.15, -0.1) is 0 Å². The van der Waals surface area contributed by atoms with Crippen molar-refractivity contribution in [2.45, 2.75) is 42.4 Å². The van der Waals surface area contributed by atoms with Crippen molar-refractivity contribution in [3.63, 3.8) is 0 Å². The number of benzene rings is 1. The van der Waals surface area contributed by atoms with Crippen LogP contribution < -0.4 is 19.5 Å². The summed E-state index contributed by atoms with van der Waals surface area (Å²) in [5.41, 5.74) is 2.30. The molecule has 0 amide bonds. The number of pyridine rings is 1. The Hall–Kier alpha value is -2.49. The first-order chi connectivity index (χ1) is 19.1. The van der Waals surface area contributed by atoms with Crippen molar-refractivity contribution in [1.29, 1.82) is 0 Å². The lowest BCUT2D eigenvalue weighted by Gasteiger charge is -2.17. The molecule has 0 radical (unpaired) electrons. The van der Waals surface area contributed by atoms with Gasteiger partial charge < -0.3 is 29.6 Å². The van der Waals surface area contributed by atoms with Crippen molar-refractivity contribution in [3.05, 3.63) is 40.2 Å². The number of fused-ring (bicyclic) bond motifs is 3. The molecule has 2 unspecified atom stereocenters. The number of nitrogens with one attached hydrogen (secondary N) is 3. The number of sulfonamides is 1. The highest BCUT2D eigenvalue weighted by Gasteiger charge is 2.49. The monoisotopic (exact) mass is 613 g/mol. The topological polar surface area (TPSA) is 148 Å². The standard InChI is InChI=1S/C25H29ClFN5O6S2/c1-39-11-18(33)21-22(39)19(10-37-21)38-25-30-17-9-14(26)23(31-24(17)32-25)29-16-4-3-12-7-13(8-15(27)20(12)16)36-6-5-28-40(2,34)35/h7-9,16,18-19,21-22,28,33H,1,3-6,10-11H2,2H3,(H2,29,30,31,32)/t16?,18-,19-,21-,22-,39?/m1/s1. The molecule has 1 aromatic carbocycles. The molecule has 2 aliphatic heterocycles. The Morgan fingerprint density at radius 3 is 2.98 bits per heavy atom. The molecular weight excluding hydrogens is 585 g/mol. The van der Waals surface area contributed by atoms with Crippen LogP contribution in [0.3, 0.4) is 0 Å². The number of aromatic amines is 1. The van der Waals surface area contributed by atoms with Gasteiger partial charge in [-0.05, 0) is 30.5 Å². The molecule has 11 nitrogen and oxygen atoms in total. The maximum atomic E-state index is 15.1. The van der Waals surface area contributed by atoms with Crippen LogP contribution in [0, 0.1) is 5.82 Å². The number of ether oxygens (including phenoxy) is 3. The first-order valence-electron chi connectivity index (χ1n) is 12.7. The van der Waals surface area contributed by atoms with Gasteiger partial charge in [0.1, 0.15) is 30.1 Å². The van der Waals surface area contributed by atoms with Crippen LogP contribution >= 0.6 is 22.1 Å². The first-order valence-corrected chi connectivity index (χ1v) is 16.6. The highest BCUT2D eigenvalue weighted by molar-refractivity contribution is 8.15. The molecule has 0 spiro atoms. The van der Waals surface area contributed by atoms with E-state index < -0.39 is 21.9 Å². The van der Waals surface area contributed by atoms with Gasteiger partial charge in [-0.1, -0.05) is 17.5 Å². The normalized spacial score (nSPS) is 27.6.